The summed E-state index contributed by atoms with van der Waals surface area (Å²) in [6, 6.07) is -0.126. The van der Waals surface area contributed by atoms with E-state index < -0.39 is 10.0 Å². The molecule has 0 radical (unpaired) electrons. The van der Waals surface area contributed by atoms with Gasteiger partial charge >= 0.3 is 0 Å². The molecule has 1 N–H and O–H groups in total. The van der Waals surface area contributed by atoms with Gasteiger partial charge in [-0.15, -0.1) is 0 Å². The third-order valence-corrected chi connectivity index (χ3v) is 5.24. The predicted octanol–water partition coefficient (Wildman–Crippen LogP) is -0.0987. The second-order valence-corrected chi connectivity index (χ2v) is 7.46. The number of methoxy groups -OCH3 is 1. The molecule has 1 atom stereocenters. The van der Waals surface area contributed by atoms with Crippen LogP contribution in [-0.4, -0.2) is 62.3 Å². The number of sulfonamides is 1. The highest BCUT2D eigenvalue weighted by Crippen LogP contribution is 2.21. The maximum atomic E-state index is 12.3. The highest BCUT2D eigenvalue weighted by atomic mass is 32.2. The highest BCUT2D eigenvalue weighted by Gasteiger charge is 2.27. The summed E-state index contributed by atoms with van der Waals surface area (Å²) in [5.74, 6) is -0.246. The van der Waals surface area contributed by atoms with E-state index in [0.717, 1.165) is 4.31 Å². The van der Waals surface area contributed by atoms with E-state index in [2.05, 4.69) is 10.4 Å². The van der Waals surface area contributed by atoms with Crippen molar-refractivity contribution in [2.24, 2.45) is 0 Å². The lowest BCUT2D eigenvalue weighted by Gasteiger charge is -2.14. The number of carbonyl (C=O) groups is 1. The lowest BCUT2D eigenvalue weighted by molar-refractivity contribution is -0.122. The minimum absolute atomic E-state index is 0.0380. The van der Waals surface area contributed by atoms with Crippen LogP contribution in [0, 0.1) is 13.8 Å². The third kappa shape index (κ3) is 4.05. The first kappa shape index (κ1) is 18.6. The van der Waals surface area contributed by atoms with Gasteiger partial charge in [-0.1, -0.05) is 0 Å². The Morgan fingerprint density at radius 1 is 1.41 bits per heavy atom. The van der Waals surface area contributed by atoms with Crippen molar-refractivity contribution < 1.29 is 17.9 Å². The molecule has 22 heavy (non-hydrogen) atoms. The Morgan fingerprint density at radius 3 is 2.50 bits per heavy atom. The number of amides is 1. The van der Waals surface area contributed by atoms with Gasteiger partial charge in [0.1, 0.15) is 11.4 Å². The van der Waals surface area contributed by atoms with Crippen molar-refractivity contribution in [3.05, 3.63) is 11.4 Å². The van der Waals surface area contributed by atoms with E-state index in [1.165, 1.54) is 18.8 Å². The zero-order valence-corrected chi connectivity index (χ0v) is 14.7. The van der Waals surface area contributed by atoms with E-state index >= 15 is 0 Å². The Hall–Kier alpha value is -1.45. The molecule has 0 spiro atoms. The zero-order chi connectivity index (χ0) is 17.1. The monoisotopic (exact) mass is 332 g/mol. The minimum Gasteiger partial charge on any atom is -0.383 e. The first-order valence-corrected chi connectivity index (χ1v) is 8.30. The van der Waals surface area contributed by atoms with Crippen molar-refractivity contribution in [2.75, 3.05) is 27.8 Å². The van der Waals surface area contributed by atoms with Gasteiger partial charge in [0, 0.05) is 27.2 Å². The van der Waals surface area contributed by atoms with E-state index in [0.29, 0.717) is 18.0 Å². The summed E-state index contributed by atoms with van der Waals surface area (Å²) in [5, 5.41) is 6.93. The summed E-state index contributed by atoms with van der Waals surface area (Å²) < 4.78 is 32.1. The van der Waals surface area contributed by atoms with Gasteiger partial charge in [0.25, 0.3) is 0 Å². The lowest BCUT2D eigenvalue weighted by Crippen LogP contribution is -2.38. The van der Waals surface area contributed by atoms with E-state index in [-0.39, 0.29) is 23.4 Å². The number of aromatic nitrogens is 2. The molecule has 0 saturated heterocycles. The van der Waals surface area contributed by atoms with Crippen molar-refractivity contribution in [3.63, 3.8) is 0 Å². The molecule has 0 aliphatic rings. The lowest BCUT2D eigenvalue weighted by atomic mass is 10.3. The molecule has 1 aromatic rings. The zero-order valence-electron chi connectivity index (χ0n) is 13.9. The maximum absolute atomic E-state index is 12.3. The van der Waals surface area contributed by atoms with Gasteiger partial charge in [0.2, 0.25) is 15.9 Å². The highest BCUT2D eigenvalue weighted by molar-refractivity contribution is 7.89. The fourth-order valence-electron chi connectivity index (χ4n) is 2.14. The Bertz CT molecular complexity index is 637. The maximum Gasteiger partial charge on any atom is 0.246 e. The number of hydrogen-bond acceptors (Lipinski definition) is 5. The van der Waals surface area contributed by atoms with Crippen molar-refractivity contribution >= 4 is 15.9 Å². The van der Waals surface area contributed by atoms with Crippen molar-refractivity contribution in [2.45, 2.75) is 38.3 Å². The molecule has 0 aliphatic carbocycles. The Morgan fingerprint density at radius 2 is 2.00 bits per heavy atom. The van der Waals surface area contributed by atoms with Crippen LogP contribution in [-0.2, 0) is 26.1 Å². The predicted molar refractivity (Wildman–Crippen MR) is 82.1 cm³/mol. The Balaban J connectivity index is 2.98. The summed E-state index contributed by atoms with van der Waals surface area (Å²) in [6.07, 6.45) is 0. The van der Waals surface area contributed by atoms with Crippen LogP contribution in [0.5, 0.6) is 0 Å². The fraction of sp³-hybridized carbons (Fsp3) is 0.692. The van der Waals surface area contributed by atoms with E-state index in [1.54, 1.807) is 21.0 Å². The molecule has 1 amide bonds. The van der Waals surface area contributed by atoms with E-state index in [9.17, 15) is 13.2 Å². The number of carbonyl (C=O) groups excluding carboxylic acids is 1. The Labute approximate surface area is 131 Å². The van der Waals surface area contributed by atoms with Crippen LogP contribution in [0.2, 0.25) is 0 Å². The molecule has 0 aliphatic heterocycles. The van der Waals surface area contributed by atoms with E-state index in [4.69, 9.17) is 4.74 Å². The number of nitrogens with one attached hydrogen (secondary N) is 1. The average Bonchev–Trinajstić information content (AvgIpc) is 2.64. The van der Waals surface area contributed by atoms with Gasteiger partial charge in [-0.2, -0.15) is 5.10 Å². The molecule has 0 unspecified atom stereocenters. The van der Waals surface area contributed by atoms with Crippen molar-refractivity contribution in [1.29, 1.82) is 0 Å². The second kappa shape index (κ2) is 7.21. The topological polar surface area (TPSA) is 93.5 Å². The van der Waals surface area contributed by atoms with Gasteiger partial charge in [-0.25, -0.2) is 12.7 Å². The molecule has 1 rings (SSSR count). The third-order valence-electron chi connectivity index (χ3n) is 3.17. The van der Waals surface area contributed by atoms with Crippen LogP contribution in [0.1, 0.15) is 18.3 Å². The van der Waals surface area contributed by atoms with Gasteiger partial charge < -0.3 is 10.1 Å². The van der Waals surface area contributed by atoms with Gasteiger partial charge in [0.15, 0.2) is 0 Å². The molecule has 0 fully saturated rings. The normalized spacial score (nSPS) is 13.4. The number of nitrogens with zero attached hydrogens (tertiary/aromatic N) is 3. The summed E-state index contributed by atoms with van der Waals surface area (Å²) >= 11 is 0. The number of aryl methyl sites for hydroxylation is 1. The molecule has 0 saturated carbocycles. The molecule has 8 nitrogen and oxygen atoms in total. The van der Waals surface area contributed by atoms with Crippen molar-refractivity contribution in [3.8, 4) is 0 Å². The average molecular weight is 332 g/mol. The van der Waals surface area contributed by atoms with Crippen LogP contribution in [0.25, 0.3) is 0 Å². The number of hydrogen-bond donors (Lipinski definition) is 1. The fourth-order valence-corrected chi connectivity index (χ4v) is 3.40. The van der Waals surface area contributed by atoms with Crippen LogP contribution < -0.4 is 5.32 Å². The minimum atomic E-state index is -3.59. The van der Waals surface area contributed by atoms with Crippen molar-refractivity contribution in [1.82, 2.24) is 19.4 Å². The molecular weight excluding hydrogens is 308 g/mol. The summed E-state index contributed by atoms with van der Waals surface area (Å²) in [5.41, 5.74) is 0.824. The van der Waals surface area contributed by atoms with Crippen LogP contribution in [0.4, 0.5) is 0 Å². The molecule has 1 heterocycles. The smallest absolute Gasteiger partial charge is 0.246 e. The van der Waals surface area contributed by atoms with Gasteiger partial charge in [0.05, 0.1) is 18.0 Å². The largest absolute Gasteiger partial charge is 0.383 e. The van der Waals surface area contributed by atoms with Crippen LogP contribution in [0.3, 0.4) is 0 Å². The first-order valence-electron chi connectivity index (χ1n) is 6.86. The Kier molecular flexibility index (Phi) is 6.09. The SMILES string of the molecule is COC[C@H](C)NC(=O)Cn1nc(C)c(S(=O)(=O)N(C)C)c1C. The van der Waals surface area contributed by atoms with E-state index in [1.807, 2.05) is 6.92 Å². The molecule has 126 valence electrons. The molecule has 9 heteroatoms. The molecule has 0 aromatic carbocycles. The summed E-state index contributed by atoms with van der Waals surface area (Å²) in [6.45, 7) is 5.45. The van der Waals surface area contributed by atoms with Gasteiger partial charge in [-0.3, -0.25) is 9.48 Å². The quantitative estimate of drug-likeness (QED) is 0.753. The summed E-state index contributed by atoms with van der Waals surface area (Å²) in [4.78, 5) is 12.1. The number of ether oxygens (including phenoxy) is 1. The van der Waals surface area contributed by atoms with Crippen LogP contribution >= 0.6 is 0 Å². The first-order chi connectivity index (χ1) is 10.1. The standard InChI is InChI=1S/C13H24N4O4S/c1-9(8-21-6)14-12(18)7-17-11(3)13(10(2)15-17)22(19,20)16(4)5/h9H,7-8H2,1-6H3,(H,14,18)/t9-/m0/s1. The van der Waals surface area contributed by atoms with Gasteiger partial charge in [-0.05, 0) is 20.8 Å². The van der Waals surface area contributed by atoms with Crippen LogP contribution in [0.15, 0.2) is 4.90 Å². The molecule has 1 aromatic heterocycles. The molecular formula is C13H24N4O4S. The second-order valence-electron chi connectivity index (χ2n) is 5.37. The molecule has 0 bridgehead atoms. The number of rotatable bonds is 7. The summed E-state index contributed by atoms with van der Waals surface area (Å²) in [7, 11) is 0.897.